The van der Waals surface area contributed by atoms with Crippen LogP contribution in [0.2, 0.25) is 5.02 Å². The fourth-order valence-electron chi connectivity index (χ4n) is 2.28. The van der Waals surface area contributed by atoms with Gasteiger partial charge in [0.1, 0.15) is 0 Å². The lowest BCUT2D eigenvalue weighted by Crippen LogP contribution is -2.32. The Bertz CT molecular complexity index is 701. The summed E-state index contributed by atoms with van der Waals surface area (Å²) in [4.78, 5) is 25.6. The summed E-state index contributed by atoms with van der Waals surface area (Å²) in [5.74, 6) is -0.259. The van der Waals surface area contributed by atoms with Gasteiger partial charge in [-0.25, -0.2) is 0 Å². The molecule has 2 aromatic carbocycles. The largest absolute Gasteiger partial charge is 0.326 e. The van der Waals surface area contributed by atoms with Crippen LogP contribution < -0.4 is 10.2 Å². The smallest absolute Gasteiger partial charge is 0.226 e. The molecule has 2 aromatic rings. The number of para-hydroxylation sites is 1. The average molecular weight is 331 g/mol. The van der Waals surface area contributed by atoms with Gasteiger partial charge in [-0.3, -0.25) is 9.59 Å². The van der Waals surface area contributed by atoms with Crippen molar-refractivity contribution in [1.82, 2.24) is 0 Å². The number of carbonyl (C=O) groups is 2. The molecule has 1 N–H and O–H groups in total. The molecule has 2 amide bonds. The van der Waals surface area contributed by atoms with E-state index in [1.807, 2.05) is 43.3 Å². The Morgan fingerprint density at radius 1 is 1.13 bits per heavy atom. The molecule has 0 aliphatic rings. The van der Waals surface area contributed by atoms with Gasteiger partial charge in [0.15, 0.2) is 0 Å². The molecule has 0 atom stereocenters. The molecule has 0 radical (unpaired) electrons. The van der Waals surface area contributed by atoms with Crippen molar-refractivity contribution >= 4 is 34.8 Å². The third kappa shape index (κ3) is 4.83. The molecule has 0 fully saturated rings. The molecule has 0 aliphatic heterocycles. The van der Waals surface area contributed by atoms with E-state index in [1.54, 1.807) is 17.0 Å². The van der Waals surface area contributed by atoms with E-state index in [1.165, 1.54) is 6.92 Å². The van der Waals surface area contributed by atoms with E-state index in [4.69, 9.17) is 11.6 Å². The monoisotopic (exact) mass is 330 g/mol. The fourth-order valence-corrected chi connectivity index (χ4v) is 2.45. The molecule has 0 spiro atoms. The normalized spacial score (nSPS) is 10.2. The number of rotatable bonds is 5. The van der Waals surface area contributed by atoms with Crippen LogP contribution in [0.4, 0.5) is 11.4 Å². The summed E-state index contributed by atoms with van der Waals surface area (Å²) in [7, 11) is 0. The lowest BCUT2D eigenvalue weighted by atomic mass is 10.1. The SMILES string of the molecule is CC(=O)N(CCC(=O)Nc1ccccc1)c1cc(Cl)ccc1C. The van der Waals surface area contributed by atoms with Gasteiger partial charge in [0.25, 0.3) is 0 Å². The van der Waals surface area contributed by atoms with Crippen molar-refractivity contribution in [2.24, 2.45) is 0 Å². The van der Waals surface area contributed by atoms with E-state index in [0.717, 1.165) is 16.9 Å². The first-order chi connectivity index (χ1) is 11.0. The number of benzene rings is 2. The van der Waals surface area contributed by atoms with Crippen LogP contribution in [-0.2, 0) is 9.59 Å². The van der Waals surface area contributed by atoms with Crippen LogP contribution in [0.25, 0.3) is 0 Å². The van der Waals surface area contributed by atoms with Gasteiger partial charge in [-0.2, -0.15) is 0 Å². The van der Waals surface area contributed by atoms with Gasteiger partial charge in [-0.05, 0) is 36.8 Å². The Morgan fingerprint density at radius 3 is 2.48 bits per heavy atom. The Kier molecular flexibility index (Phi) is 5.77. The van der Waals surface area contributed by atoms with Crippen molar-refractivity contribution in [1.29, 1.82) is 0 Å². The highest BCUT2D eigenvalue weighted by Crippen LogP contribution is 2.24. The molecule has 0 bridgehead atoms. The van der Waals surface area contributed by atoms with Crippen LogP contribution in [0.5, 0.6) is 0 Å². The number of carbonyl (C=O) groups excluding carboxylic acids is 2. The quantitative estimate of drug-likeness (QED) is 0.899. The van der Waals surface area contributed by atoms with Gasteiger partial charge < -0.3 is 10.2 Å². The minimum Gasteiger partial charge on any atom is -0.326 e. The van der Waals surface area contributed by atoms with Crippen molar-refractivity contribution in [2.45, 2.75) is 20.3 Å². The molecule has 0 aliphatic carbocycles. The predicted molar refractivity (Wildman–Crippen MR) is 93.9 cm³/mol. The van der Waals surface area contributed by atoms with E-state index < -0.39 is 0 Å². The molecule has 0 unspecified atom stereocenters. The molecule has 5 heteroatoms. The maximum absolute atomic E-state index is 12.0. The highest BCUT2D eigenvalue weighted by molar-refractivity contribution is 6.31. The number of nitrogens with zero attached hydrogens (tertiary/aromatic N) is 1. The maximum Gasteiger partial charge on any atom is 0.226 e. The van der Waals surface area contributed by atoms with Gasteiger partial charge in [0, 0.05) is 36.3 Å². The molecule has 0 saturated heterocycles. The van der Waals surface area contributed by atoms with E-state index >= 15 is 0 Å². The second-order valence-corrected chi connectivity index (χ2v) is 5.70. The molecule has 4 nitrogen and oxygen atoms in total. The summed E-state index contributed by atoms with van der Waals surface area (Å²) in [6.07, 6.45) is 0.209. The number of hydrogen-bond acceptors (Lipinski definition) is 2. The van der Waals surface area contributed by atoms with Crippen molar-refractivity contribution in [3.05, 3.63) is 59.1 Å². The summed E-state index contributed by atoms with van der Waals surface area (Å²) >= 11 is 6.02. The van der Waals surface area contributed by atoms with Crippen molar-refractivity contribution in [3.63, 3.8) is 0 Å². The van der Waals surface area contributed by atoms with Crippen molar-refractivity contribution < 1.29 is 9.59 Å². The van der Waals surface area contributed by atoms with E-state index in [2.05, 4.69) is 5.32 Å². The lowest BCUT2D eigenvalue weighted by Gasteiger charge is -2.23. The van der Waals surface area contributed by atoms with Crippen LogP contribution in [0.1, 0.15) is 18.9 Å². The third-order valence-corrected chi connectivity index (χ3v) is 3.70. The van der Waals surface area contributed by atoms with Crippen LogP contribution in [0.15, 0.2) is 48.5 Å². The zero-order chi connectivity index (χ0) is 16.8. The first-order valence-electron chi connectivity index (χ1n) is 7.36. The molecule has 0 heterocycles. The Balaban J connectivity index is 2.04. The van der Waals surface area contributed by atoms with E-state index in [0.29, 0.717) is 11.6 Å². The second kappa shape index (κ2) is 7.79. The highest BCUT2D eigenvalue weighted by Gasteiger charge is 2.16. The van der Waals surface area contributed by atoms with E-state index in [-0.39, 0.29) is 18.2 Å². The van der Waals surface area contributed by atoms with Crippen molar-refractivity contribution in [3.8, 4) is 0 Å². The molecule has 120 valence electrons. The third-order valence-electron chi connectivity index (χ3n) is 3.46. The van der Waals surface area contributed by atoms with Gasteiger partial charge in [-0.15, -0.1) is 0 Å². The van der Waals surface area contributed by atoms with Gasteiger partial charge in [-0.1, -0.05) is 35.9 Å². The number of hydrogen-bond donors (Lipinski definition) is 1. The highest BCUT2D eigenvalue weighted by atomic mass is 35.5. The zero-order valence-electron chi connectivity index (χ0n) is 13.2. The molecular weight excluding hydrogens is 312 g/mol. The average Bonchev–Trinajstić information content (AvgIpc) is 2.51. The summed E-state index contributed by atoms with van der Waals surface area (Å²) < 4.78 is 0. The molecule has 2 rings (SSSR count). The number of anilines is 2. The summed E-state index contributed by atoms with van der Waals surface area (Å²) in [5, 5.41) is 3.37. The maximum atomic E-state index is 12.0. The zero-order valence-corrected chi connectivity index (χ0v) is 13.9. The number of nitrogens with one attached hydrogen (secondary N) is 1. The van der Waals surface area contributed by atoms with Gasteiger partial charge in [0.2, 0.25) is 11.8 Å². The van der Waals surface area contributed by atoms with Gasteiger partial charge >= 0.3 is 0 Å². The van der Waals surface area contributed by atoms with Crippen LogP contribution in [0.3, 0.4) is 0 Å². The Hall–Kier alpha value is -2.33. The molecule has 0 saturated carbocycles. The first-order valence-corrected chi connectivity index (χ1v) is 7.74. The Labute approximate surface area is 141 Å². The summed E-state index contributed by atoms with van der Waals surface area (Å²) in [5.41, 5.74) is 2.41. The fraction of sp³-hybridized carbons (Fsp3) is 0.222. The number of aryl methyl sites for hydroxylation is 1. The lowest BCUT2D eigenvalue weighted by molar-refractivity contribution is -0.117. The number of amides is 2. The topological polar surface area (TPSA) is 49.4 Å². The minimum atomic E-state index is -0.137. The summed E-state index contributed by atoms with van der Waals surface area (Å²) in [6, 6.07) is 14.6. The predicted octanol–water partition coefficient (Wildman–Crippen LogP) is 4.03. The second-order valence-electron chi connectivity index (χ2n) is 5.27. The van der Waals surface area contributed by atoms with Crippen LogP contribution >= 0.6 is 11.6 Å². The van der Waals surface area contributed by atoms with Crippen LogP contribution in [0, 0.1) is 6.92 Å². The van der Waals surface area contributed by atoms with Gasteiger partial charge in [0.05, 0.1) is 0 Å². The van der Waals surface area contributed by atoms with Crippen LogP contribution in [-0.4, -0.2) is 18.4 Å². The standard InChI is InChI=1S/C18H19ClN2O2/c1-13-8-9-15(19)12-17(13)21(14(2)22)11-10-18(23)20-16-6-4-3-5-7-16/h3-9,12H,10-11H2,1-2H3,(H,20,23). The van der Waals surface area contributed by atoms with E-state index in [9.17, 15) is 9.59 Å². The molecular formula is C18H19ClN2O2. The number of halogens is 1. The minimum absolute atomic E-state index is 0.122. The summed E-state index contributed by atoms with van der Waals surface area (Å²) in [6.45, 7) is 3.69. The first kappa shape index (κ1) is 17.0. The molecule has 0 aromatic heterocycles. The Morgan fingerprint density at radius 2 is 1.83 bits per heavy atom. The van der Waals surface area contributed by atoms with Crippen molar-refractivity contribution in [2.75, 3.05) is 16.8 Å². The molecule has 23 heavy (non-hydrogen) atoms.